The van der Waals surface area contributed by atoms with Crippen LogP contribution in [0.4, 0.5) is 10.5 Å². The van der Waals surface area contributed by atoms with Gasteiger partial charge in [0.2, 0.25) is 0 Å². The van der Waals surface area contributed by atoms with Crippen LogP contribution in [0.15, 0.2) is 54.6 Å². The zero-order valence-electron chi connectivity index (χ0n) is 19.3. The number of carbonyl (C=O) groups excluding carboxylic acids is 1. The second-order valence-corrected chi connectivity index (χ2v) is 8.35. The fraction of sp³-hybridized carbons (Fsp3) is 0.320. The number of hydrogen-bond acceptors (Lipinski definition) is 4. The number of hydrogen-bond donors (Lipinski definition) is 4. The van der Waals surface area contributed by atoms with Crippen molar-refractivity contribution >= 4 is 35.3 Å². The molecule has 182 valence electrons. The minimum atomic E-state index is -1.26. The van der Waals surface area contributed by atoms with E-state index in [2.05, 4.69) is 47.7 Å². The number of benzene rings is 2. The lowest BCUT2D eigenvalue weighted by Gasteiger charge is -2.34. The van der Waals surface area contributed by atoms with Crippen LogP contribution in [0, 0.1) is 0 Å². The van der Waals surface area contributed by atoms with Crippen LogP contribution in [-0.4, -0.2) is 53.2 Å². The molecule has 3 rings (SSSR count). The highest BCUT2D eigenvalue weighted by Gasteiger charge is 2.26. The third-order valence-corrected chi connectivity index (χ3v) is 5.47. The molecule has 4 N–H and O–H groups in total. The van der Waals surface area contributed by atoms with Crippen LogP contribution in [0.3, 0.4) is 0 Å². The van der Waals surface area contributed by atoms with Crippen LogP contribution < -0.4 is 10.6 Å². The normalized spacial score (nSPS) is 15.1. The maximum absolute atomic E-state index is 12.2. The number of halogens is 1. The lowest BCUT2D eigenvalue weighted by Crippen LogP contribution is -2.34. The average Bonchev–Trinajstić information content (AvgIpc) is 2.79. The van der Waals surface area contributed by atoms with Crippen molar-refractivity contribution < 1.29 is 24.6 Å². The number of nitrogens with zero attached hydrogens (tertiary/aromatic N) is 1. The molecular formula is C25H30ClN3O5. The molecule has 0 radical (unpaired) electrons. The Labute approximate surface area is 204 Å². The Morgan fingerprint density at radius 1 is 1.09 bits per heavy atom. The van der Waals surface area contributed by atoms with Crippen LogP contribution in [0.5, 0.6) is 0 Å². The number of carbonyl (C=O) groups is 3. The molecule has 1 aliphatic heterocycles. The van der Waals surface area contributed by atoms with Gasteiger partial charge in [-0.3, -0.25) is 0 Å². The van der Waals surface area contributed by atoms with Gasteiger partial charge >= 0.3 is 18.0 Å². The number of rotatable bonds is 7. The Bertz CT molecular complexity index is 1010. The molecule has 0 saturated heterocycles. The second kappa shape index (κ2) is 13.4. The van der Waals surface area contributed by atoms with Gasteiger partial charge in [-0.1, -0.05) is 49.2 Å². The molecule has 8 nitrogen and oxygen atoms in total. The number of amides is 2. The van der Waals surface area contributed by atoms with Crippen LogP contribution in [-0.2, 0) is 16.1 Å². The summed E-state index contributed by atoms with van der Waals surface area (Å²) in [5, 5.41) is 22.3. The van der Waals surface area contributed by atoms with Gasteiger partial charge < -0.3 is 25.7 Å². The monoisotopic (exact) mass is 487 g/mol. The number of anilines is 1. The van der Waals surface area contributed by atoms with Gasteiger partial charge in [0, 0.05) is 48.4 Å². The number of carboxylic acid groups (broad SMARTS) is 2. The van der Waals surface area contributed by atoms with Crippen molar-refractivity contribution in [3.05, 3.63) is 76.3 Å². The first kappa shape index (κ1) is 26.9. The molecule has 0 saturated carbocycles. The number of unbranched alkanes of at least 4 members (excludes halogenated alkanes) is 1. The molecule has 2 amide bonds. The Hall–Kier alpha value is -3.36. The Morgan fingerprint density at radius 2 is 1.74 bits per heavy atom. The topological polar surface area (TPSA) is 119 Å². The van der Waals surface area contributed by atoms with Crippen LogP contribution in [0.1, 0.15) is 42.4 Å². The van der Waals surface area contributed by atoms with Crippen molar-refractivity contribution in [2.75, 3.05) is 25.5 Å². The van der Waals surface area contributed by atoms with E-state index in [4.69, 9.17) is 21.8 Å². The molecule has 1 aliphatic rings. The Balaban J connectivity index is 0.000000440. The molecule has 1 unspecified atom stereocenters. The van der Waals surface area contributed by atoms with E-state index >= 15 is 0 Å². The molecule has 9 heteroatoms. The van der Waals surface area contributed by atoms with Gasteiger partial charge in [-0.15, -0.1) is 0 Å². The summed E-state index contributed by atoms with van der Waals surface area (Å²) in [6.07, 6.45) is 3.17. The van der Waals surface area contributed by atoms with Crippen LogP contribution in [0.2, 0.25) is 5.02 Å². The molecule has 34 heavy (non-hydrogen) atoms. The lowest BCUT2D eigenvalue weighted by molar-refractivity contribution is -0.134. The molecule has 0 bridgehead atoms. The Morgan fingerprint density at radius 3 is 2.32 bits per heavy atom. The minimum absolute atomic E-state index is 0.136. The summed E-state index contributed by atoms with van der Waals surface area (Å²) in [6.45, 7) is 4.58. The maximum atomic E-state index is 12.2. The number of fused-ring (bicyclic) bond motifs is 1. The summed E-state index contributed by atoms with van der Waals surface area (Å²) >= 11 is 6.05. The first-order valence-electron chi connectivity index (χ1n) is 11.0. The summed E-state index contributed by atoms with van der Waals surface area (Å²) in [6, 6.07) is 14.1. The number of nitrogens with one attached hydrogen (secondary N) is 2. The molecule has 0 spiro atoms. The quantitative estimate of drug-likeness (QED) is 0.336. The van der Waals surface area contributed by atoms with E-state index in [0.29, 0.717) is 18.7 Å². The van der Waals surface area contributed by atoms with Gasteiger partial charge in [0.15, 0.2) is 0 Å². The summed E-state index contributed by atoms with van der Waals surface area (Å²) in [5.74, 6) is -2.24. The number of carboxylic acids is 2. The van der Waals surface area contributed by atoms with Crippen molar-refractivity contribution in [2.45, 2.75) is 32.2 Å². The Kier molecular flexibility index (Phi) is 10.6. The second-order valence-electron chi connectivity index (χ2n) is 7.92. The third kappa shape index (κ3) is 8.53. The van der Waals surface area contributed by atoms with E-state index in [1.54, 1.807) is 0 Å². The standard InChI is InChI=1S/C21H26ClN3O.C4H4O4/c1-3-4-12-23-21(26)24-20-7-5-6-17-18(13-25(2)14-19(17)20)15-8-10-16(22)11-9-15;5-3(6)1-2-4(7)8/h5-11,18H,3-4,12-14H2,1-2H3,(H2,23,24,26);1-2H,(H,5,6)(H,7,8)/b;2-1-. The molecule has 0 aliphatic carbocycles. The van der Waals surface area contributed by atoms with Gasteiger partial charge in [-0.05, 0) is 48.4 Å². The van der Waals surface area contributed by atoms with Crippen molar-refractivity contribution in [3.8, 4) is 0 Å². The third-order valence-electron chi connectivity index (χ3n) is 5.21. The molecular weight excluding hydrogens is 458 g/mol. The summed E-state index contributed by atoms with van der Waals surface area (Å²) in [4.78, 5) is 33.6. The van der Waals surface area contributed by atoms with E-state index in [-0.39, 0.29) is 11.9 Å². The van der Waals surface area contributed by atoms with Crippen molar-refractivity contribution in [2.24, 2.45) is 0 Å². The highest BCUT2D eigenvalue weighted by Crippen LogP contribution is 2.36. The number of aliphatic carboxylic acids is 2. The summed E-state index contributed by atoms with van der Waals surface area (Å²) in [5.41, 5.74) is 4.59. The molecule has 2 aromatic rings. The minimum Gasteiger partial charge on any atom is -0.478 e. The molecule has 1 heterocycles. The van der Waals surface area contributed by atoms with Crippen molar-refractivity contribution in [3.63, 3.8) is 0 Å². The fourth-order valence-corrected chi connectivity index (χ4v) is 3.76. The van der Waals surface area contributed by atoms with Gasteiger partial charge in [0.25, 0.3) is 0 Å². The highest BCUT2D eigenvalue weighted by atomic mass is 35.5. The zero-order chi connectivity index (χ0) is 25.1. The van der Waals surface area contributed by atoms with Gasteiger partial charge in [-0.25, -0.2) is 14.4 Å². The van der Waals surface area contributed by atoms with E-state index in [9.17, 15) is 14.4 Å². The maximum Gasteiger partial charge on any atom is 0.328 e. The van der Waals surface area contributed by atoms with E-state index < -0.39 is 11.9 Å². The SMILES string of the molecule is CCCCNC(=O)Nc1cccc2c1CN(C)CC2c1ccc(Cl)cc1.O=C(O)/C=C\C(=O)O. The fourth-order valence-electron chi connectivity index (χ4n) is 3.64. The molecule has 1 atom stereocenters. The summed E-state index contributed by atoms with van der Waals surface area (Å²) in [7, 11) is 2.12. The first-order valence-corrected chi connectivity index (χ1v) is 11.3. The van der Waals surface area contributed by atoms with Crippen molar-refractivity contribution in [1.29, 1.82) is 0 Å². The van der Waals surface area contributed by atoms with Crippen molar-refractivity contribution in [1.82, 2.24) is 10.2 Å². The predicted octanol–water partition coefficient (Wildman–Crippen LogP) is 4.55. The van der Waals surface area contributed by atoms with Crippen LogP contribution in [0.25, 0.3) is 0 Å². The van der Waals surface area contributed by atoms with E-state index in [1.165, 1.54) is 16.7 Å². The van der Waals surface area contributed by atoms with E-state index in [1.807, 2.05) is 24.3 Å². The molecule has 2 aromatic carbocycles. The van der Waals surface area contributed by atoms with E-state index in [0.717, 1.165) is 36.6 Å². The van der Waals surface area contributed by atoms with Gasteiger partial charge in [-0.2, -0.15) is 0 Å². The average molecular weight is 488 g/mol. The predicted molar refractivity (Wildman–Crippen MR) is 132 cm³/mol. The molecule has 0 aromatic heterocycles. The number of likely N-dealkylation sites (N-methyl/N-ethyl adjacent to an activating group) is 1. The smallest absolute Gasteiger partial charge is 0.328 e. The number of urea groups is 1. The van der Waals surface area contributed by atoms with Gasteiger partial charge in [0.1, 0.15) is 0 Å². The lowest BCUT2D eigenvalue weighted by atomic mass is 9.84. The highest BCUT2D eigenvalue weighted by molar-refractivity contribution is 6.30. The first-order chi connectivity index (χ1) is 16.2. The largest absolute Gasteiger partial charge is 0.478 e. The molecule has 0 fully saturated rings. The van der Waals surface area contributed by atoms with Gasteiger partial charge in [0.05, 0.1) is 0 Å². The summed E-state index contributed by atoms with van der Waals surface area (Å²) < 4.78 is 0. The van der Waals surface area contributed by atoms with Crippen LogP contribution >= 0.6 is 11.6 Å². The zero-order valence-corrected chi connectivity index (χ0v) is 20.0.